The molecule has 0 amide bonds. The fourth-order valence-electron chi connectivity index (χ4n) is 4.32. The first-order valence-electron chi connectivity index (χ1n) is 8.25. The van der Waals surface area contributed by atoms with Crippen LogP contribution in [0, 0.1) is 0 Å². The zero-order chi connectivity index (χ0) is 15.9. The van der Waals surface area contributed by atoms with Gasteiger partial charge in [0.1, 0.15) is 5.60 Å². The Morgan fingerprint density at radius 1 is 1.17 bits per heavy atom. The number of carbonyl (C=O) groups excluding carboxylic acids is 1. The summed E-state index contributed by atoms with van der Waals surface area (Å²) >= 11 is 0. The van der Waals surface area contributed by atoms with Gasteiger partial charge in [-0.3, -0.25) is 4.79 Å². The van der Waals surface area contributed by atoms with Gasteiger partial charge in [-0.1, -0.05) is 48.5 Å². The molecule has 3 aliphatic heterocycles. The highest BCUT2D eigenvalue weighted by Gasteiger charge is 2.51. The van der Waals surface area contributed by atoms with E-state index in [4.69, 9.17) is 4.74 Å². The molecule has 3 heterocycles. The van der Waals surface area contributed by atoms with Gasteiger partial charge in [0.2, 0.25) is 0 Å². The average molecular weight is 344 g/mol. The van der Waals surface area contributed by atoms with Crippen molar-refractivity contribution in [1.29, 1.82) is 0 Å². The number of carbonyl (C=O) groups is 1. The zero-order valence-corrected chi connectivity index (χ0v) is 14.6. The van der Waals surface area contributed by atoms with Crippen LogP contribution in [-0.2, 0) is 16.0 Å². The Morgan fingerprint density at radius 2 is 1.88 bits per heavy atom. The number of anilines is 1. The van der Waals surface area contributed by atoms with E-state index in [0.717, 1.165) is 25.9 Å². The molecule has 2 bridgehead atoms. The Hall–Kier alpha value is -2.00. The highest BCUT2D eigenvalue weighted by Crippen LogP contribution is 2.50. The summed E-state index contributed by atoms with van der Waals surface area (Å²) in [4.78, 5) is 14.2. The number of ether oxygens (including phenoxy) is 1. The second-order valence-electron chi connectivity index (χ2n) is 6.64. The Labute approximate surface area is 149 Å². The van der Waals surface area contributed by atoms with Crippen molar-refractivity contribution >= 4 is 24.1 Å². The minimum atomic E-state index is -0.459. The van der Waals surface area contributed by atoms with Crippen molar-refractivity contribution < 1.29 is 9.53 Å². The molecule has 2 aromatic rings. The molecule has 0 radical (unpaired) electrons. The molecular weight excluding hydrogens is 322 g/mol. The number of fused-ring (bicyclic) bond motifs is 2. The number of benzene rings is 2. The summed E-state index contributed by atoms with van der Waals surface area (Å²) in [6.45, 7) is 3.35. The molecule has 3 nitrogen and oxygen atoms in total. The summed E-state index contributed by atoms with van der Waals surface area (Å²) < 4.78 is 5.99. The first-order chi connectivity index (χ1) is 11.2. The Bertz CT molecular complexity index is 733. The molecule has 4 heteroatoms. The van der Waals surface area contributed by atoms with Gasteiger partial charge < -0.3 is 9.64 Å². The van der Waals surface area contributed by atoms with Crippen molar-refractivity contribution in [2.45, 2.75) is 31.3 Å². The van der Waals surface area contributed by atoms with Gasteiger partial charge in [0.05, 0.1) is 6.54 Å². The summed E-state index contributed by atoms with van der Waals surface area (Å²) in [5.41, 5.74) is 3.39. The normalized spacial score (nSPS) is 24.0. The fraction of sp³-hybridized carbons (Fsp3) is 0.350. The van der Waals surface area contributed by atoms with Gasteiger partial charge in [0.25, 0.3) is 0 Å². The minimum Gasteiger partial charge on any atom is -0.456 e. The van der Waals surface area contributed by atoms with Gasteiger partial charge in [-0.2, -0.15) is 0 Å². The monoisotopic (exact) mass is 343 g/mol. The third-order valence-corrected chi connectivity index (χ3v) is 5.13. The quantitative estimate of drug-likeness (QED) is 0.790. The smallest absolute Gasteiger partial charge is 0.303 e. The summed E-state index contributed by atoms with van der Waals surface area (Å²) in [6.07, 6.45) is 1.81. The van der Waals surface area contributed by atoms with Crippen LogP contribution in [-0.4, -0.2) is 24.7 Å². The lowest BCUT2D eigenvalue weighted by molar-refractivity contribution is -0.160. The van der Waals surface area contributed by atoms with Crippen LogP contribution >= 0.6 is 12.4 Å². The van der Waals surface area contributed by atoms with Gasteiger partial charge in [-0.15, -0.1) is 12.4 Å². The molecule has 0 N–H and O–H groups in total. The van der Waals surface area contributed by atoms with Crippen LogP contribution < -0.4 is 4.90 Å². The van der Waals surface area contributed by atoms with Crippen LogP contribution in [0.4, 0.5) is 5.69 Å². The molecular formula is C20H22ClNO2. The highest BCUT2D eigenvalue weighted by atomic mass is 35.5. The van der Waals surface area contributed by atoms with Crippen LogP contribution in [0.25, 0.3) is 0 Å². The van der Waals surface area contributed by atoms with Crippen LogP contribution in [0.5, 0.6) is 0 Å². The van der Waals surface area contributed by atoms with Crippen molar-refractivity contribution in [2.75, 3.05) is 18.0 Å². The van der Waals surface area contributed by atoms with Crippen molar-refractivity contribution in [3.63, 3.8) is 0 Å². The van der Waals surface area contributed by atoms with Gasteiger partial charge in [-0.05, 0) is 23.6 Å². The Kier molecular flexibility index (Phi) is 4.55. The van der Waals surface area contributed by atoms with Gasteiger partial charge in [0.15, 0.2) is 0 Å². The maximum atomic E-state index is 11.9. The second kappa shape index (κ2) is 6.48. The summed E-state index contributed by atoms with van der Waals surface area (Å²) in [5.74, 6) is 0.0833. The molecule has 126 valence electrons. The van der Waals surface area contributed by atoms with Crippen LogP contribution in [0.3, 0.4) is 0 Å². The van der Waals surface area contributed by atoms with E-state index in [1.54, 1.807) is 0 Å². The molecule has 1 fully saturated rings. The van der Waals surface area contributed by atoms with E-state index >= 15 is 0 Å². The summed E-state index contributed by atoms with van der Waals surface area (Å²) in [6, 6.07) is 18.9. The molecule has 3 aliphatic rings. The van der Waals surface area contributed by atoms with Gasteiger partial charge >= 0.3 is 5.97 Å². The predicted octanol–water partition coefficient (Wildman–Crippen LogP) is 3.96. The topological polar surface area (TPSA) is 29.5 Å². The number of hydrogen-bond donors (Lipinski definition) is 0. The van der Waals surface area contributed by atoms with Crippen molar-refractivity contribution in [2.24, 2.45) is 0 Å². The molecule has 0 aromatic heterocycles. The summed E-state index contributed by atoms with van der Waals surface area (Å²) in [5, 5.41) is 0. The summed E-state index contributed by atoms with van der Waals surface area (Å²) in [7, 11) is 0. The lowest BCUT2D eigenvalue weighted by atomic mass is 9.69. The first kappa shape index (κ1) is 16.8. The number of halogens is 1. The third-order valence-electron chi connectivity index (χ3n) is 5.13. The maximum absolute atomic E-state index is 11.9. The predicted molar refractivity (Wildman–Crippen MR) is 97.9 cm³/mol. The zero-order valence-electron chi connectivity index (χ0n) is 13.8. The van der Waals surface area contributed by atoms with Crippen LogP contribution in [0.1, 0.15) is 30.4 Å². The van der Waals surface area contributed by atoms with Crippen LogP contribution in [0.2, 0.25) is 0 Å². The van der Waals surface area contributed by atoms with E-state index in [9.17, 15) is 4.79 Å². The minimum absolute atomic E-state index is 0. The van der Waals surface area contributed by atoms with E-state index in [1.165, 1.54) is 23.7 Å². The third kappa shape index (κ3) is 2.78. The number of piperidine rings is 1. The molecule has 0 saturated carbocycles. The molecule has 2 atom stereocenters. The molecule has 0 aliphatic carbocycles. The first-order valence-corrected chi connectivity index (χ1v) is 8.25. The lowest BCUT2D eigenvalue weighted by Crippen LogP contribution is -2.60. The number of rotatable bonds is 3. The second-order valence-corrected chi connectivity index (χ2v) is 6.64. The molecule has 1 saturated heterocycles. The Morgan fingerprint density at radius 3 is 2.62 bits per heavy atom. The van der Waals surface area contributed by atoms with Crippen molar-refractivity contribution in [1.82, 2.24) is 0 Å². The van der Waals surface area contributed by atoms with Crippen molar-refractivity contribution in [3.05, 3.63) is 65.7 Å². The van der Waals surface area contributed by atoms with E-state index < -0.39 is 5.60 Å². The molecule has 24 heavy (non-hydrogen) atoms. The largest absolute Gasteiger partial charge is 0.456 e. The lowest BCUT2D eigenvalue weighted by Gasteiger charge is -2.53. The maximum Gasteiger partial charge on any atom is 0.303 e. The molecule has 2 unspecified atom stereocenters. The fourth-order valence-corrected chi connectivity index (χ4v) is 4.32. The molecule has 2 aromatic carbocycles. The number of para-hydroxylation sites is 1. The molecule has 5 rings (SSSR count). The van der Waals surface area contributed by atoms with Crippen LogP contribution in [0.15, 0.2) is 54.6 Å². The SMILES string of the molecule is CC(=O)OC1(Cc2ccccc2)CN2CCC1c1ccccc12.Cl. The van der Waals surface area contributed by atoms with Crippen molar-refractivity contribution in [3.8, 4) is 0 Å². The van der Waals surface area contributed by atoms with E-state index in [-0.39, 0.29) is 24.3 Å². The van der Waals surface area contributed by atoms with Gasteiger partial charge in [0, 0.05) is 31.5 Å². The highest BCUT2D eigenvalue weighted by molar-refractivity contribution is 5.85. The average Bonchev–Trinajstić information content (AvgIpc) is 2.55. The van der Waals surface area contributed by atoms with E-state index in [2.05, 4.69) is 41.3 Å². The van der Waals surface area contributed by atoms with E-state index in [0.29, 0.717) is 0 Å². The molecule has 0 spiro atoms. The number of esters is 1. The Balaban J connectivity index is 0.00000169. The van der Waals surface area contributed by atoms with Gasteiger partial charge in [-0.25, -0.2) is 0 Å². The standard InChI is InChI=1S/C20H21NO2.ClH/c1-15(22)23-20(13-16-7-3-2-4-8-16)14-21-12-11-18(20)17-9-5-6-10-19(17)21;/h2-10,18H,11-14H2,1H3;1H. The number of nitrogens with zero attached hydrogens (tertiary/aromatic N) is 1. The van der Waals surface area contributed by atoms with E-state index in [1.807, 2.05) is 18.2 Å². The number of hydrogen-bond acceptors (Lipinski definition) is 3.